The highest BCUT2D eigenvalue weighted by atomic mass is 16.4. The Hall–Kier alpha value is -2.70. The molecule has 0 unspecified atom stereocenters. The fourth-order valence-corrected chi connectivity index (χ4v) is 1.61. The summed E-state index contributed by atoms with van der Waals surface area (Å²) in [5, 5.41) is 18.4. The van der Waals surface area contributed by atoms with Crippen molar-refractivity contribution in [3.05, 3.63) is 42.2 Å². The van der Waals surface area contributed by atoms with E-state index in [0.717, 1.165) is 0 Å². The Labute approximate surface area is 108 Å². The van der Waals surface area contributed by atoms with Gasteiger partial charge in [0.1, 0.15) is 0 Å². The Morgan fingerprint density at radius 2 is 2.00 bits per heavy atom. The summed E-state index contributed by atoms with van der Waals surface area (Å²) in [7, 11) is 0. The molecule has 0 saturated carbocycles. The molecule has 0 bridgehead atoms. The number of rotatable bonds is 5. The third-order valence-electron chi connectivity index (χ3n) is 2.50. The highest BCUT2D eigenvalue weighted by Crippen LogP contribution is 2.16. The lowest BCUT2D eigenvalue weighted by molar-refractivity contribution is -0.136. The summed E-state index contributed by atoms with van der Waals surface area (Å²) >= 11 is 0. The van der Waals surface area contributed by atoms with Crippen molar-refractivity contribution in [2.75, 3.05) is 11.4 Å². The van der Waals surface area contributed by atoms with Gasteiger partial charge in [-0.25, -0.2) is 0 Å². The fraction of sp³-hybridized carbons (Fsp3) is 0.167. The second-order valence-electron chi connectivity index (χ2n) is 3.79. The summed E-state index contributed by atoms with van der Waals surface area (Å²) in [6.07, 6.45) is 1.16. The lowest BCUT2D eigenvalue weighted by Gasteiger charge is -2.20. The molecule has 1 amide bonds. The van der Waals surface area contributed by atoms with Crippen molar-refractivity contribution in [3.63, 3.8) is 0 Å². The van der Waals surface area contributed by atoms with Gasteiger partial charge in [-0.15, -0.1) is 0 Å². The Kier molecular flexibility index (Phi) is 3.87. The summed E-state index contributed by atoms with van der Waals surface area (Å²) in [5.41, 5.74) is 0.769. The number of aliphatic carboxylic acids is 1. The van der Waals surface area contributed by atoms with Crippen LogP contribution >= 0.6 is 0 Å². The molecule has 0 aliphatic carbocycles. The number of amides is 1. The molecule has 2 rings (SSSR count). The van der Waals surface area contributed by atoms with E-state index in [0.29, 0.717) is 5.69 Å². The van der Waals surface area contributed by atoms with Gasteiger partial charge in [0.2, 0.25) is 0 Å². The van der Waals surface area contributed by atoms with Gasteiger partial charge in [-0.2, -0.15) is 15.4 Å². The van der Waals surface area contributed by atoms with Crippen LogP contribution in [0.3, 0.4) is 0 Å². The first-order chi connectivity index (χ1) is 9.18. The molecule has 1 heterocycles. The summed E-state index contributed by atoms with van der Waals surface area (Å²) in [6.45, 7) is 0.0744. The van der Waals surface area contributed by atoms with Gasteiger partial charge < -0.3 is 10.0 Å². The van der Waals surface area contributed by atoms with Crippen LogP contribution < -0.4 is 4.90 Å². The van der Waals surface area contributed by atoms with Gasteiger partial charge in [0.05, 0.1) is 12.6 Å². The van der Waals surface area contributed by atoms with Crippen LogP contribution in [0.2, 0.25) is 0 Å². The maximum absolute atomic E-state index is 12.2. The van der Waals surface area contributed by atoms with Crippen molar-refractivity contribution in [1.82, 2.24) is 15.4 Å². The van der Waals surface area contributed by atoms with E-state index in [9.17, 15) is 9.59 Å². The zero-order valence-corrected chi connectivity index (χ0v) is 9.98. The molecule has 0 atom stereocenters. The number of H-pyrrole nitrogens is 1. The molecule has 0 radical (unpaired) electrons. The number of aromatic nitrogens is 3. The van der Waals surface area contributed by atoms with E-state index in [1.54, 1.807) is 24.3 Å². The van der Waals surface area contributed by atoms with Crippen molar-refractivity contribution in [3.8, 4) is 0 Å². The molecule has 0 fully saturated rings. The first kappa shape index (κ1) is 12.7. The summed E-state index contributed by atoms with van der Waals surface area (Å²) in [4.78, 5) is 24.3. The highest BCUT2D eigenvalue weighted by molar-refractivity contribution is 6.04. The van der Waals surface area contributed by atoms with Crippen molar-refractivity contribution >= 4 is 17.6 Å². The predicted octanol–water partition coefficient (Wildman–Crippen LogP) is 0.926. The minimum atomic E-state index is -0.964. The number of carboxylic acid groups (broad SMARTS) is 1. The standard InChI is InChI=1S/C12H12N4O3/c17-11(18)6-7-16(9-4-2-1-3-5-9)12(19)10-8-13-15-14-10/h1-5,8H,6-7H2,(H,17,18)(H,13,14,15). The zero-order chi connectivity index (χ0) is 13.7. The Bertz CT molecular complexity index is 554. The number of nitrogens with zero attached hydrogens (tertiary/aromatic N) is 3. The topological polar surface area (TPSA) is 99.2 Å². The number of anilines is 1. The number of benzene rings is 1. The molecule has 1 aromatic carbocycles. The first-order valence-electron chi connectivity index (χ1n) is 5.63. The van der Waals surface area contributed by atoms with Gasteiger partial charge in [-0.1, -0.05) is 18.2 Å². The average molecular weight is 260 g/mol. The number of para-hydroxylation sites is 1. The molecular formula is C12H12N4O3. The number of nitrogens with one attached hydrogen (secondary N) is 1. The van der Waals surface area contributed by atoms with Crippen LogP contribution in [0.15, 0.2) is 36.5 Å². The van der Waals surface area contributed by atoms with Crippen LogP contribution in [0.5, 0.6) is 0 Å². The maximum Gasteiger partial charge on any atom is 0.305 e. The maximum atomic E-state index is 12.2. The third-order valence-corrected chi connectivity index (χ3v) is 2.50. The number of hydrogen-bond donors (Lipinski definition) is 2. The van der Waals surface area contributed by atoms with E-state index in [1.165, 1.54) is 11.1 Å². The number of carboxylic acids is 1. The number of carbonyl (C=O) groups excluding carboxylic acids is 1. The van der Waals surface area contributed by atoms with Gasteiger partial charge in [-0.3, -0.25) is 9.59 Å². The highest BCUT2D eigenvalue weighted by Gasteiger charge is 2.20. The summed E-state index contributed by atoms with van der Waals surface area (Å²) in [6, 6.07) is 8.84. The number of aromatic amines is 1. The smallest absolute Gasteiger partial charge is 0.305 e. The predicted molar refractivity (Wildman–Crippen MR) is 66.8 cm³/mol. The minimum Gasteiger partial charge on any atom is -0.481 e. The molecule has 0 aliphatic rings. The van der Waals surface area contributed by atoms with Crippen LogP contribution in [0.1, 0.15) is 16.9 Å². The van der Waals surface area contributed by atoms with Gasteiger partial charge in [0.15, 0.2) is 5.69 Å². The molecule has 98 valence electrons. The molecule has 19 heavy (non-hydrogen) atoms. The van der Waals surface area contributed by atoms with E-state index in [1.807, 2.05) is 6.07 Å². The van der Waals surface area contributed by atoms with Crippen LogP contribution in [0, 0.1) is 0 Å². The van der Waals surface area contributed by atoms with Crippen LogP contribution in [-0.4, -0.2) is 38.9 Å². The largest absolute Gasteiger partial charge is 0.481 e. The van der Waals surface area contributed by atoms with Crippen LogP contribution in [-0.2, 0) is 4.79 Å². The molecule has 0 spiro atoms. The molecule has 2 aromatic rings. The monoisotopic (exact) mass is 260 g/mol. The van der Waals surface area contributed by atoms with E-state index in [2.05, 4.69) is 15.4 Å². The quantitative estimate of drug-likeness (QED) is 0.833. The Balaban J connectivity index is 2.24. The lowest BCUT2D eigenvalue weighted by atomic mass is 10.2. The van der Waals surface area contributed by atoms with Gasteiger partial charge in [0.25, 0.3) is 5.91 Å². The lowest BCUT2D eigenvalue weighted by Crippen LogP contribution is -2.33. The van der Waals surface area contributed by atoms with Gasteiger partial charge in [-0.05, 0) is 12.1 Å². The van der Waals surface area contributed by atoms with Crippen LogP contribution in [0.25, 0.3) is 0 Å². The molecule has 7 nitrogen and oxygen atoms in total. The van der Waals surface area contributed by atoms with Crippen molar-refractivity contribution in [2.24, 2.45) is 0 Å². The molecule has 1 aromatic heterocycles. The zero-order valence-electron chi connectivity index (χ0n) is 9.98. The van der Waals surface area contributed by atoms with Gasteiger partial charge in [0, 0.05) is 12.2 Å². The SMILES string of the molecule is O=C(O)CCN(C(=O)c1cn[nH]n1)c1ccccc1. The molecule has 2 N–H and O–H groups in total. The molecule has 7 heteroatoms. The summed E-state index contributed by atoms with van der Waals surface area (Å²) in [5.74, 6) is -1.35. The number of carbonyl (C=O) groups is 2. The second-order valence-corrected chi connectivity index (χ2v) is 3.79. The third kappa shape index (κ3) is 3.15. The van der Waals surface area contributed by atoms with Gasteiger partial charge >= 0.3 is 5.97 Å². The first-order valence-corrected chi connectivity index (χ1v) is 5.63. The number of hydrogen-bond acceptors (Lipinski definition) is 4. The van der Waals surface area contributed by atoms with Crippen molar-refractivity contribution < 1.29 is 14.7 Å². The molecule has 0 aliphatic heterocycles. The molecule has 0 saturated heterocycles. The molecular weight excluding hydrogens is 248 g/mol. The van der Waals surface area contributed by atoms with E-state index in [4.69, 9.17) is 5.11 Å². The van der Waals surface area contributed by atoms with E-state index < -0.39 is 5.97 Å². The second kappa shape index (κ2) is 5.76. The Morgan fingerprint density at radius 3 is 2.58 bits per heavy atom. The normalized spacial score (nSPS) is 10.1. The van der Waals surface area contributed by atoms with Crippen LogP contribution in [0.4, 0.5) is 5.69 Å². The van der Waals surface area contributed by atoms with Crippen molar-refractivity contribution in [1.29, 1.82) is 0 Å². The van der Waals surface area contributed by atoms with E-state index >= 15 is 0 Å². The van der Waals surface area contributed by atoms with E-state index in [-0.39, 0.29) is 24.6 Å². The average Bonchev–Trinajstić information content (AvgIpc) is 2.93. The summed E-state index contributed by atoms with van der Waals surface area (Å²) < 4.78 is 0. The Morgan fingerprint density at radius 1 is 1.26 bits per heavy atom. The minimum absolute atomic E-state index is 0.0744. The fourth-order valence-electron chi connectivity index (χ4n) is 1.61. The van der Waals surface area contributed by atoms with Crippen molar-refractivity contribution in [2.45, 2.75) is 6.42 Å².